The van der Waals surface area contributed by atoms with Crippen molar-refractivity contribution in [3.8, 4) is 0 Å². The number of benzene rings is 1. The van der Waals surface area contributed by atoms with Crippen molar-refractivity contribution in [3.63, 3.8) is 0 Å². The number of anilines is 2. The number of nitrogens with zero attached hydrogens (tertiary/aromatic N) is 1. The summed E-state index contributed by atoms with van der Waals surface area (Å²) in [6, 6.07) is 8.11. The van der Waals surface area contributed by atoms with Gasteiger partial charge in [-0.05, 0) is 35.9 Å². The lowest BCUT2D eigenvalue weighted by atomic mass is 10.2. The fourth-order valence-electron chi connectivity index (χ4n) is 1.64. The SMILES string of the molecule is CC(=O)Nc1ccc(F)c(NCc2ccncc2)c1. The standard InChI is InChI=1S/C14H14FN3O/c1-10(19)18-12-2-3-13(15)14(8-12)17-9-11-4-6-16-7-5-11/h2-8,17H,9H2,1H3,(H,18,19). The summed E-state index contributed by atoms with van der Waals surface area (Å²) < 4.78 is 13.6. The van der Waals surface area contributed by atoms with Crippen LogP contribution >= 0.6 is 0 Å². The van der Waals surface area contributed by atoms with Crippen LogP contribution in [0.25, 0.3) is 0 Å². The minimum atomic E-state index is -0.358. The third-order valence-corrected chi connectivity index (χ3v) is 2.52. The summed E-state index contributed by atoms with van der Waals surface area (Å²) in [7, 11) is 0. The molecule has 0 unspecified atom stereocenters. The average molecular weight is 259 g/mol. The Morgan fingerprint density at radius 1 is 1.26 bits per heavy atom. The molecule has 0 aliphatic carbocycles. The second-order valence-electron chi connectivity index (χ2n) is 4.08. The third kappa shape index (κ3) is 3.77. The highest BCUT2D eigenvalue weighted by molar-refractivity contribution is 5.89. The fourth-order valence-corrected chi connectivity index (χ4v) is 1.64. The van der Waals surface area contributed by atoms with Crippen LogP contribution in [0.1, 0.15) is 12.5 Å². The van der Waals surface area contributed by atoms with Crippen molar-refractivity contribution in [2.45, 2.75) is 13.5 Å². The van der Waals surface area contributed by atoms with Crippen molar-refractivity contribution in [2.75, 3.05) is 10.6 Å². The summed E-state index contributed by atoms with van der Waals surface area (Å²) in [5, 5.41) is 5.60. The molecule has 0 saturated heterocycles. The van der Waals surface area contributed by atoms with Gasteiger partial charge in [-0.3, -0.25) is 9.78 Å². The van der Waals surface area contributed by atoms with Crippen molar-refractivity contribution in [1.29, 1.82) is 0 Å². The number of halogens is 1. The van der Waals surface area contributed by atoms with E-state index in [4.69, 9.17) is 0 Å². The molecule has 2 rings (SSSR count). The van der Waals surface area contributed by atoms with Gasteiger partial charge in [0.05, 0.1) is 5.69 Å². The molecule has 0 spiro atoms. The maximum atomic E-state index is 13.6. The summed E-state index contributed by atoms with van der Waals surface area (Å²) in [6.45, 7) is 1.90. The van der Waals surface area contributed by atoms with Gasteiger partial charge in [0, 0.05) is 31.5 Å². The first-order valence-corrected chi connectivity index (χ1v) is 5.85. The van der Waals surface area contributed by atoms with Crippen LogP contribution in [-0.2, 0) is 11.3 Å². The molecule has 0 fully saturated rings. The quantitative estimate of drug-likeness (QED) is 0.887. The van der Waals surface area contributed by atoms with E-state index in [9.17, 15) is 9.18 Å². The number of nitrogens with one attached hydrogen (secondary N) is 2. The largest absolute Gasteiger partial charge is 0.379 e. The molecule has 1 aromatic carbocycles. The maximum absolute atomic E-state index is 13.6. The van der Waals surface area contributed by atoms with Crippen molar-refractivity contribution in [3.05, 3.63) is 54.1 Å². The first kappa shape index (κ1) is 13.0. The molecule has 1 heterocycles. The Hall–Kier alpha value is -2.43. The number of amides is 1. The van der Waals surface area contributed by atoms with Gasteiger partial charge in [-0.2, -0.15) is 0 Å². The Bertz CT molecular complexity index is 572. The zero-order chi connectivity index (χ0) is 13.7. The molecule has 2 aromatic rings. The first-order valence-electron chi connectivity index (χ1n) is 5.85. The minimum absolute atomic E-state index is 0.188. The Balaban J connectivity index is 2.08. The topological polar surface area (TPSA) is 54.0 Å². The van der Waals surface area contributed by atoms with Crippen LogP contribution in [0, 0.1) is 5.82 Å². The van der Waals surface area contributed by atoms with Crippen LogP contribution < -0.4 is 10.6 Å². The molecule has 1 aromatic heterocycles. The van der Waals surface area contributed by atoms with Gasteiger partial charge in [-0.1, -0.05) is 0 Å². The van der Waals surface area contributed by atoms with Gasteiger partial charge in [0.2, 0.25) is 5.91 Å². The van der Waals surface area contributed by atoms with E-state index in [0.717, 1.165) is 5.56 Å². The molecular formula is C14H14FN3O. The molecule has 4 nitrogen and oxygen atoms in total. The zero-order valence-electron chi connectivity index (χ0n) is 10.5. The van der Waals surface area contributed by atoms with Crippen molar-refractivity contribution in [2.24, 2.45) is 0 Å². The molecule has 2 N–H and O–H groups in total. The Morgan fingerprint density at radius 2 is 2.00 bits per heavy atom. The number of rotatable bonds is 4. The number of aromatic nitrogens is 1. The third-order valence-electron chi connectivity index (χ3n) is 2.52. The van der Waals surface area contributed by atoms with E-state index in [1.165, 1.54) is 19.1 Å². The van der Waals surface area contributed by atoms with E-state index < -0.39 is 0 Å². The predicted octanol–water partition coefficient (Wildman–Crippen LogP) is 2.79. The average Bonchev–Trinajstić information content (AvgIpc) is 2.40. The van der Waals surface area contributed by atoms with E-state index in [1.54, 1.807) is 18.5 Å². The lowest BCUT2D eigenvalue weighted by Crippen LogP contribution is -2.07. The van der Waals surface area contributed by atoms with Gasteiger partial charge in [0.15, 0.2) is 0 Å². The Kier molecular flexibility index (Phi) is 4.07. The van der Waals surface area contributed by atoms with Gasteiger partial charge in [0.1, 0.15) is 5.82 Å². The highest BCUT2D eigenvalue weighted by Crippen LogP contribution is 2.20. The molecular weight excluding hydrogens is 245 g/mol. The molecule has 1 amide bonds. The molecule has 0 bridgehead atoms. The fraction of sp³-hybridized carbons (Fsp3) is 0.143. The van der Waals surface area contributed by atoms with Crippen molar-refractivity contribution < 1.29 is 9.18 Å². The number of carbonyl (C=O) groups excluding carboxylic acids is 1. The molecule has 98 valence electrons. The highest BCUT2D eigenvalue weighted by atomic mass is 19.1. The maximum Gasteiger partial charge on any atom is 0.221 e. The van der Waals surface area contributed by atoms with Crippen LogP contribution in [0.2, 0.25) is 0 Å². The van der Waals surface area contributed by atoms with Crippen LogP contribution in [0.5, 0.6) is 0 Å². The summed E-state index contributed by atoms with van der Waals surface area (Å²) in [5.41, 5.74) is 1.91. The van der Waals surface area contributed by atoms with Gasteiger partial charge in [-0.15, -0.1) is 0 Å². The predicted molar refractivity (Wildman–Crippen MR) is 72.3 cm³/mol. The van der Waals surface area contributed by atoms with Crippen LogP contribution in [0.15, 0.2) is 42.7 Å². The van der Waals surface area contributed by atoms with E-state index in [-0.39, 0.29) is 11.7 Å². The normalized spacial score (nSPS) is 10.0. The van der Waals surface area contributed by atoms with Gasteiger partial charge in [-0.25, -0.2) is 4.39 Å². The summed E-state index contributed by atoms with van der Waals surface area (Å²) in [4.78, 5) is 14.9. The smallest absolute Gasteiger partial charge is 0.221 e. The second-order valence-corrected chi connectivity index (χ2v) is 4.08. The Labute approximate surface area is 110 Å². The van der Waals surface area contributed by atoms with Gasteiger partial charge < -0.3 is 10.6 Å². The molecule has 0 radical (unpaired) electrons. The lowest BCUT2D eigenvalue weighted by molar-refractivity contribution is -0.114. The van der Waals surface area contributed by atoms with E-state index in [0.29, 0.717) is 17.9 Å². The highest BCUT2D eigenvalue weighted by Gasteiger charge is 2.04. The number of pyridine rings is 1. The summed E-state index contributed by atoms with van der Waals surface area (Å²) in [6.07, 6.45) is 3.36. The van der Waals surface area contributed by atoms with E-state index in [1.807, 2.05) is 12.1 Å². The first-order chi connectivity index (χ1) is 9.15. The molecule has 0 atom stereocenters. The lowest BCUT2D eigenvalue weighted by Gasteiger charge is -2.10. The monoisotopic (exact) mass is 259 g/mol. The number of hydrogen-bond donors (Lipinski definition) is 2. The van der Waals surface area contributed by atoms with Crippen LogP contribution in [0.4, 0.5) is 15.8 Å². The van der Waals surface area contributed by atoms with E-state index >= 15 is 0 Å². The summed E-state index contributed by atoms with van der Waals surface area (Å²) >= 11 is 0. The molecule has 19 heavy (non-hydrogen) atoms. The van der Waals surface area contributed by atoms with E-state index in [2.05, 4.69) is 15.6 Å². The Morgan fingerprint density at radius 3 is 2.68 bits per heavy atom. The van der Waals surface area contributed by atoms with Crippen molar-refractivity contribution in [1.82, 2.24) is 4.98 Å². The number of carbonyl (C=O) groups is 1. The molecule has 0 saturated carbocycles. The van der Waals surface area contributed by atoms with Crippen LogP contribution in [-0.4, -0.2) is 10.9 Å². The van der Waals surface area contributed by atoms with Crippen LogP contribution in [0.3, 0.4) is 0 Å². The second kappa shape index (κ2) is 5.95. The van der Waals surface area contributed by atoms with Gasteiger partial charge >= 0.3 is 0 Å². The molecule has 0 aliphatic rings. The molecule has 5 heteroatoms. The van der Waals surface area contributed by atoms with Gasteiger partial charge in [0.25, 0.3) is 0 Å². The molecule has 0 aliphatic heterocycles. The number of hydrogen-bond acceptors (Lipinski definition) is 3. The van der Waals surface area contributed by atoms with Crippen molar-refractivity contribution >= 4 is 17.3 Å². The zero-order valence-corrected chi connectivity index (χ0v) is 10.5. The minimum Gasteiger partial charge on any atom is -0.379 e. The summed E-state index contributed by atoms with van der Waals surface area (Å²) in [5.74, 6) is -0.546.